The van der Waals surface area contributed by atoms with Gasteiger partial charge in [0, 0.05) is 58.5 Å². The van der Waals surface area contributed by atoms with Gasteiger partial charge < -0.3 is 19.9 Å². The van der Waals surface area contributed by atoms with Crippen LogP contribution in [0.5, 0.6) is 0 Å². The summed E-state index contributed by atoms with van der Waals surface area (Å²) in [5.74, 6) is 0.127. The first-order valence-electron chi connectivity index (χ1n) is 7.75. The van der Waals surface area contributed by atoms with Gasteiger partial charge in [0.25, 0.3) is 0 Å². The lowest BCUT2D eigenvalue weighted by atomic mass is 10.1. The third-order valence-corrected chi connectivity index (χ3v) is 3.94. The molecule has 1 saturated heterocycles. The Morgan fingerprint density at radius 3 is 2.91 bits per heavy atom. The Kier molecular flexibility index (Phi) is 5.97. The van der Waals surface area contributed by atoms with Crippen LogP contribution in [0.4, 0.5) is 4.79 Å². The Balaban J connectivity index is 1.94. The fourth-order valence-electron chi connectivity index (χ4n) is 2.62. The molecule has 0 spiro atoms. The highest BCUT2D eigenvalue weighted by atomic mass is 16.5. The number of carbonyl (C=O) groups is 2. The van der Waals surface area contributed by atoms with Crippen LogP contribution in [-0.4, -0.2) is 71.4 Å². The van der Waals surface area contributed by atoms with E-state index < -0.39 is 0 Å². The number of hydrogen-bond donors (Lipinski definition) is 1. The topological polar surface area (TPSA) is 79.7 Å². The average molecular weight is 323 g/mol. The summed E-state index contributed by atoms with van der Waals surface area (Å²) in [4.78, 5) is 27.4. The second kappa shape index (κ2) is 7.96. The predicted molar refractivity (Wildman–Crippen MR) is 84.7 cm³/mol. The largest absolute Gasteiger partial charge is 0.383 e. The Labute approximate surface area is 136 Å². The molecule has 1 unspecified atom stereocenters. The lowest BCUT2D eigenvalue weighted by Gasteiger charge is -2.32. The molecule has 1 aromatic rings. The van der Waals surface area contributed by atoms with E-state index in [-0.39, 0.29) is 18.0 Å². The van der Waals surface area contributed by atoms with Gasteiger partial charge in [-0.1, -0.05) is 0 Å². The lowest BCUT2D eigenvalue weighted by Crippen LogP contribution is -2.52. The van der Waals surface area contributed by atoms with Crippen LogP contribution in [0.3, 0.4) is 0 Å². The molecule has 1 atom stereocenters. The van der Waals surface area contributed by atoms with Gasteiger partial charge in [0.2, 0.25) is 5.91 Å². The number of piperidine rings is 1. The van der Waals surface area contributed by atoms with Crippen molar-refractivity contribution in [3.63, 3.8) is 0 Å². The fourth-order valence-corrected chi connectivity index (χ4v) is 2.62. The second-order valence-corrected chi connectivity index (χ2v) is 5.90. The van der Waals surface area contributed by atoms with E-state index in [9.17, 15) is 9.59 Å². The molecule has 0 aromatic carbocycles. The number of likely N-dealkylation sites (N-methyl/N-ethyl adjacent to an activating group) is 1. The van der Waals surface area contributed by atoms with Gasteiger partial charge in [0.05, 0.1) is 19.3 Å². The van der Waals surface area contributed by atoms with Gasteiger partial charge in [0.15, 0.2) is 0 Å². The van der Waals surface area contributed by atoms with E-state index >= 15 is 0 Å². The van der Waals surface area contributed by atoms with Crippen molar-refractivity contribution in [2.75, 3.05) is 33.9 Å². The average Bonchev–Trinajstić information content (AvgIpc) is 2.92. The van der Waals surface area contributed by atoms with Crippen LogP contribution in [0.1, 0.15) is 18.4 Å². The van der Waals surface area contributed by atoms with Crippen molar-refractivity contribution in [1.82, 2.24) is 24.9 Å². The van der Waals surface area contributed by atoms with Crippen molar-refractivity contribution >= 4 is 11.9 Å². The number of urea groups is 1. The van der Waals surface area contributed by atoms with Gasteiger partial charge in [-0.25, -0.2) is 4.79 Å². The molecule has 0 radical (unpaired) electrons. The van der Waals surface area contributed by atoms with E-state index in [0.717, 1.165) is 5.56 Å². The first-order valence-corrected chi connectivity index (χ1v) is 7.75. The molecule has 1 aliphatic heterocycles. The van der Waals surface area contributed by atoms with E-state index in [1.165, 1.54) is 0 Å². The first kappa shape index (κ1) is 17.3. The van der Waals surface area contributed by atoms with Crippen LogP contribution in [-0.2, 0) is 23.1 Å². The summed E-state index contributed by atoms with van der Waals surface area (Å²) in [7, 11) is 5.22. The molecule has 1 aromatic heterocycles. The molecule has 8 heteroatoms. The quantitative estimate of drug-likeness (QED) is 0.811. The maximum atomic E-state index is 12.5. The number of aromatic nitrogens is 2. The molecule has 1 N–H and O–H groups in total. The summed E-state index contributed by atoms with van der Waals surface area (Å²) < 4.78 is 6.80. The maximum Gasteiger partial charge on any atom is 0.318 e. The first-order chi connectivity index (χ1) is 11.0. The highest BCUT2D eigenvalue weighted by molar-refractivity contribution is 5.78. The third kappa shape index (κ3) is 4.95. The molecule has 3 amide bonds. The fraction of sp³-hybridized carbons (Fsp3) is 0.667. The van der Waals surface area contributed by atoms with Gasteiger partial charge in [-0.05, 0) is 6.42 Å². The molecule has 0 bridgehead atoms. The number of rotatable bonds is 6. The number of nitrogens with zero attached hydrogens (tertiary/aromatic N) is 4. The van der Waals surface area contributed by atoms with Crippen molar-refractivity contribution in [2.45, 2.75) is 25.4 Å². The number of carbonyl (C=O) groups excluding carboxylic acids is 2. The minimum absolute atomic E-state index is 0.0101. The standard InChI is InChI=1S/C15H25N5O3/c1-18-11-13(4-5-14(18)21)17-15(22)20(6-7-23-3)10-12-8-16-19(2)9-12/h8-9,13H,4-7,10-11H2,1-3H3,(H,17,22). The van der Waals surface area contributed by atoms with Crippen molar-refractivity contribution < 1.29 is 14.3 Å². The molecule has 128 valence electrons. The van der Waals surface area contributed by atoms with Crippen LogP contribution in [0, 0.1) is 0 Å². The van der Waals surface area contributed by atoms with Crippen LogP contribution in [0.25, 0.3) is 0 Å². The summed E-state index contributed by atoms with van der Waals surface area (Å²) in [5, 5.41) is 7.14. The summed E-state index contributed by atoms with van der Waals surface area (Å²) in [5.41, 5.74) is 0.967. The monoisotopic (exact) mass is 323 g/mol. The molecule has 0 aliphatic carbocycles. The minimum Gasteiger partial charge on any atom is -0.383 e. The number of aryl methyl sites for hydroxylation is 1. The molecule has 2 rings (SSSR count). The number of hydrogen-bond acceptors (Lipinski definition) is 4. The summed E-state index contributed by atoms with van der Waals surface area (Å²) in [6.45, 7) is 2.00. The van der Waals surface area contributed by atoms with E-state index in [1.807, 2.05) is 13.2 Å². The van der Waals surface area contributed by atoms with Crippen molar-refractivity contribution in [1.29, 1.82) is 0 Å². The minimum atomic E-state index is -0.140. The molecule has 1 fully saturated rings. The summed E-state index contributed by atoms with van der Waals surface area (Å²) in [6, 6.07) is -0.150. The van der Waals surface area contributed by atoms with E-state index in [2.05, 4.69) is 10.4 Å². The lowest BCUT2D eigenvalue weighted by molar-refractivity contribution is -0.132. The predicted octanol–water partition coefficient (Wildman–Crippen LogP) is 0.199. The van der Waals surface area contributed by atoms with Crippen molar-refractivity contribution in [3.05, 3.63) is 18.0 Å². The van der Waals surface area contributed by atoms with Gasteiger partial charge in [-0.15, -0.1) is 0 Å². The van der Waals surface area contributed by atoms with E-state index in [0.29, 0.717) is 39.1 Å². The molecule has 2 heterocycles. The molecule has 23 heavy (non-hydrogen) atoms. The normalized spacial score (nSPS) is 18.1. The molecular weight excluding hydrogens is 298 g/mol. The Bertz CT molecular complexity index is 545. The van der Waals surface area contributed by atoms with Crippen LogP contribution >= 0.6 is 0 Å². The Hall–Kier alpha value is -2.09. The summed E-state index contributed by atoms with van der Waals surface area (Å²) >= 11 is 0. The van der Waals surface area contributed by atoms with Crippen LogP contribution < -0.4 is 5.32 Å². The number of nitrogens with one attached hydrogen (secondary N) is 1. The van der Waals surface area contributed by atoms with Crippen LogP contribution in [0.15, 0.2) is 12.4 Å². The highest BCUT2D eigenvalue weighted by Crippen LogP contribution is 2.11. The number of amides is 3. The Morgan fingerprint density at radius 1 is 1.52 bits per heavy atom. The summed E-state index contributed by atoms with van der Waals surface area (Å²) in [6.07, 6.45) is 4.79. The zero-order valence-electron chi connectivity index (χ0n) is 14.0. The van der Waals surface area contributed by atoms with Gasteiger partial charge in [-0.3, -0.25) is 9.48 Å². The smallest absolute Gasteiger partial charge is 0.318 e. The highest BCUT2D eigenvalue weighted by Gasteiger charge is 2.25. The zero-order valence-corrected chi connectivity index (χ0v) is 14.0. The molecule has 8 nitrogen and oxygen atoms in total. The van der Waals surface area contributed by atoms with Gasteiger partial charge >= 0.3 is 6.03 Å². The molecular formula is C15H25N5O3. The van der Waals surface area contributed by atoms with E-state index in [1.54, 1.807) is 34.8 Å². The zero-order chi connectivity index (χ0) is 16.8. The number of ether oxygens (including phenoxy) is 1. The molecule has 1 aliphatic rings. The van der Waals surface area contributed by atoms with Crippen molar-refractivity contribution in [3.8, 4) is 0 Å². The number of likely N-dealkylation sites (tertiary alicyclic amines) is 1. The number of methoxy groups -OCH3 is 1. The molecule has 0 saturated carbocycles. The van der Waals surface area contributed by atoms with Crippen LogP contribution in [0.2, 0.25) is 0 Å². The Morgan fingerprint density at radius 2 is 2.30 bits per heavy atom. The maximum absolute atomic E-state index is 12.5. The van der Waals surface area contributed by atoms with Gasteiger partial charge in [-0.2, -0.15) is 5.10 Å². The van der Waals surface area contributed by atoms with E-state index in [4.69, 9.17) is 4.74 Å². The third-order valence-electron chi connectivity index (χ3n) is 3.94. The second-order valence-electron chi connectivity index (χ2n) is 5.90. The van der Waals surface area contributed by atoms with Gasteiger partial charge in [0.1, 0.15) is 0 Å². The SMILES string of the molecule is COCCN(Cc1cnn(C)c1)C(=O)NC1CCC(=O)N(C)C1. The van der Waals surface area contributed by atoms with Crippen molar-refractivity contribution in [2.24, 2.45) is 7.05 Å².